The van der Waals surface area contributed by atoms with E-state index in [1.54, 1.807) is 0 Å². The molecule has 96 valence electrons. The Labute approximate surface area is 106 Å². The average molecular weight is 246 g/mol. The van der Waals surface area contributed by atoms with Gasteiger partial charge in [0.2, 0.25) is 0 Å². The van der Waals surface area contributed by atoms with E-state index in [0.29, 0.717) is 0 Å². The molecular weight excluding hydrogens is 228 g/mol. The molecule has 0 aliphatic heterocycles. The minimum absolute atomic E-state index is 0.273. The van der Waals surface area contributed by atoms with E-state index in [0.717, 1.165) is 37.0 Å². The Morgan fingerprint density at radius 3 is 2.94 bits per heavy atom. The molecule has 2 rings (SSSR count). The van der Waals surface area contributed by atoms with Gasteiger partial charge in [0.1, 0.15) is 0 Å². The number of carbonyl (C=O) groups is 1. The van der Waals surface area contributed by atoms with Gasteiger partial charge in [-0.05, 0) is 37.1 Å². The van der Waals surface area contributed by atoms with E-state index in [-0.39, 0.29) is 6.42 Å². The van der Waals surface area contributed by atoms with E-state index in [1.165, 1.54) is 5.39 Å². The number of carboxylic acid groups (broad SMARTS) is 1. The smallest absolute Gasteiger partial charge is 0.303 e. The van der Waals surface area contributed by atoms with Crippen molar-refractivity contribution < 1.29 is 9.90 Å². The minimum Gasteiger partial charge on any atom is -0.481 e. The monoisotopic (exact) mass is 246 g/mol. The van der Waals surface area contributed by atoms with Gasteiger partial charge in [0, 0.05) is 35.8 Å². The maximum absolute atomic E-state index is 10.3. The van der Waals surface area contributed by atoms with Crippen LogP contribution in [-0.4, -0.2) is 22.6 Å². The first-order chi connectivity index (χ1) is 8.75. The fourth-order valence-corrected chi connectivity index (χ4v) is 1.97. The first kappa shape index (κ1) is 12.5. The lowest BCUT2D eigenvalue weighted by Crippen LogP contribution is -2.02. The molecule has 0 amide bonds. The van der Waals surface area contributed by atoms with Crippen LogP contribution in [0.3, 0.4) is 0 Å². The van der Waals surface area contributed by atoms with Crippen LogP contribution in [0.2, 0.25) is 0 Å². The number of unbranched alkanes of at least 4 members (excludes halogenated alkanes) is 2. The van der Waals surface area contributed by atoms with Gasteiger partial charge < -0.3 is 15.4 Å². The number of aliphatic carboxylic acids is 1. The predicted octanol–water partition coefficient (Wildman–Crippen LogP) is 3.22. The Kier molecular flexibility index (Phi) is 4.23. The van der Waals surface area contributed by atoms with Crippen LogP contribution in [0.4, 0.5) is 5.69 Å². The molecule has 1 aromatic heterocycles. The van der Waals surface area contributed by atoms with Gasteiger partial charge in [0.05, 0.1) is 0 Å². The first-order valence-corrected chi connectivity index (χ1v) is 6.28. The molecule has 0 aliphatic carbocycles. The summed E-state index contributed by atoms with van der Waals surface area (Å²) in [7, 11) is 0. The van der Waals surface area contributed by atoms with Gasteiger partial charge in [-0.15, -0.1) is 0 Å². The summed E-state index contributed by atoms with van der Waals surface area (Å²) in [5.41, 5.74) is 2.25. The normalized spacial score (nSPS) is 10.7. The first-order valence-electron chi connectivity index (χ1n) is 6.28. The number of aromatic nitrogens is 1. The summed E-state index contributed by atoms with van der Waals surface area (Å²) in [5, 5.41) is 13.1. The Bertz CT molecular complexity index is 519. The zero-order chi connectivity index (χ0) is 12.8. The molecule has 0 saturated carbocycles. The largest absolute Gasteiger partial charge is 0.481 e. The number of aromatic amines is 1. The Morgan fingerprint density at radius 2 is 2.11 bits per heavy atom. The summed E-state index contributed by atoms with van der Waals surface area (Å²) in [5.74, 6) is -0.708. The maximum atomic E-state index is 10.3. The molecule has 4 heteroatoms. The second kappa shape index (κ2) is 6.10. The predicted molar refractivity (Wildman–Crippen MR) is 72.9 cm³/mol. The van der Waals surface area contributed by atoms with E-state index in [1.807, 2.05) is 12.3 Å². The van der Waals surface area contributed by atoms with Crippen molar-refractivity contribution >= 4 is 22.6 Å². The lowest BCUT2D eigenvalue weighted by atomic mass is 10.2. The molecule has 18 heavy (non-hydrogen) atoms. The Morgan fingerprint density at radius 1 is 1.22 bits per heavy atom. The van der Waals surface area contributed by atoms with Crippen LogP contribution < -0.4 is 5.32 Å². The summed E-state index contributed by atoms with van der Waals surface area (Å²) >= 11 is 0. The van der Waals surface area contributed by atoms with Crippen LogP contribution in [0.15, 0.2) is 30.5 Å². The van der Waals surface area contributed by atoms with E-state index in [9.17, 15) is 4.79 Å². The van der Waals surface area contributed by atoms with Crippen LogP contribution >= 0.6 is 0 Å². The molecule has 0 unspecified atom stereocenters. The van der Waals surface area contributed by atoms with Crippen molar-refractivity contribution in [3.8, 4) is 0 Å². The second-order valence-electron chi connectivity index (χ2n) is 4.41. The molecule has 0 radical (unpaired) electrons. The number of nitrogens with one attached hydrogen (secondary N) is 2. The third kappa shape index (κ3) is 3.52. The molecule has 0 aliphatic rings. The minimum atomic E-state index is -0.708. The van der Waals surface area contributed by atoms with Crippen molar-refractivity contribution in [1.82, 2.24) is 4.98 Å². The number of hydrogen-bond acceptors (Lipinski definition) is 2. The molecule has 0 bridgehead atoms. The van der Waals surface area contributed by atoms with Gasteiger partial charge in [-0.25, -0.2) is 0 Å². The Hall–Kier alpha value is -1.97. The SMILES string of the molecule is O=C(O)CCCCCNc1ccc2[nH]ccc2c1. The molecule has 0 saturated heterocycles. The number of benzene rings is 1. The number of anilines is 1. The fourth-order valence-electron chi connectivity index (χ4n) is 1.97. The van der Waals surface area contributed by atoms with Crippen molar-refractivity contribution in [2.75, 3.05) is 11.9 Å². The molecular formula is C14H18N2O2. The van der Waals surface area contributed by atoms with Crippen molar-refractivity contribution in [3.63, 3.8) is 0 Å². The van der Waals surface area contributed by atoms with Gasteiger partial charge in [0.25, 0.3) is 0 Å². The van der Waals surface area contributed by atoms with Crippen molar-refractivity contribution in [1.29, 1.82) is 0 Å². The Balaban J connectivity index is 1.71. The molecule has 1 aromatic carbocycles. The highest BCUT2D eigenvalue weighted by Crippen LogP contribution is 2.17. The van der Waals surface area contributed by atoms with E-state index >= 15 is 0 Å². The summed E-state index contributed by atoms with van der Waals surface area (Å²) in [4.78, 5) is 13.5. The second-order valence-corrected chi connectivity index (χ2v) is 4.41. The van der Waals surface area contributed by atoms with Crippen LogP contribution in [0, 0.1) is 0 Å². The number of fused-ring (bicyclic) bond motifs is 1. The molecule has 0 atom stereocenters. The van der Waals surface area contributed by atoms with Crippen molar-refractivity contribution in [3.05, 3.63) is 30.5 Å². The summed E-state index contributed by atoms with van der Waals surface area (Å²) in [6.07, 6.45) is 4.91. The third-order valence-electron chi connectivity index (χ3n) is 2.95. The van der Waals surface area contributed by atoms with E-state index < -0.39 is 5.97 Å². The van der Waals surface area contributed by atoms with E-state index in [2.05, 4.69) is 28.5 Å². The van der Waals surface area contributed by atoms with Gasteiger partial charge in [-0.1, -0.05) is 6.42 Å². The quantitative estimate of drug-likeness (QED) is 0.657. The summed E-state index contributed by atoms with van der Waals surface area (Å²) in [6.45, 7) is 0.884. The van der Waals surface area contributed by atoms with Crippen LogP contribution in [0.1, 0.15) is 25.7 Å². The molecule has 0 fully saturated rings. The number of H-pyrrole nitrogens is 1. The zero-order valence-corrected chi connectivity index (χ0v) is 10.3. The summed E-state index contributed by atoms with van der Waals surface area (Å²) < 4.78 is 0. The number of carboxylic acids is 1. The van der Waals surface area contributed by atoms with Crippen LogP contribution in [0.25, 0.3) is 10.9 Å². The van der Waals surface area contributed by atoms with Gasteiger partial charge in [-0.3, -0.25) is 4.79 Å². The molecule has 0 spiro atoms. The number of rotatable bonds is 7. The van der Waals surface area contributed by atoms with Gasteiger partial charge >= 0.3 is 5.97 Å². The number of hydrogen-bond donors (Lipinski definition) is 3. The van der Waals surface area contributed by atoms with Gasteiger partial charge in [-0.2, -0.15) is 0 Å². The molecule has 2 aromatic rings. The fraction of sp³-hybridized carbons (Fsp3) is 0.357. The van der Waals surface area contributed by atoms with Crippen molar-refractivity contribution in [2.24, 2.45) is 0 Å². The average Bonchev–Trinajstić information content (AvgIpc) is 2.80. The highest BCUT2D eigenvalue weighted by Gasteiger charge is 1.98. The highest BCUT2D eigenvalue weighted by molar-refractivity contribution is 5.82. The highest BCUT2D eigenvalue weighted by atomic mass is 16.4. The van der Waals surface area contributed by atoms with E-state index in [4.69, 9.17) is 5.11 Å². The topological polar surface area (TPSA) is 65.1 Å². The van der Waals surface area contributed by atoms with Crippen LogP contribution in [0.5, 0.6) is 0 Å². The molecule has 3 N–H and O–H groups in total. The standard InChI is InChI=1S/C14H18N2O2/c17-14(18)4-2-1-3-8-15-12-5-6-13-11(10-12)7-9-16-13/h5-7,9-10,15-16H,1-4,8H2,(H,17,18). The maximum Gasteiger partial charge on any atom is 0.303 e. The zero-order valence-electron chi connectivity index (χ0n) is 10.3. The van der Waals surface area contributed by atoms with Crippen LogP contribution in [-0.2, 0) is 4.79 Å². The third-order valence-corrected chi connectivity index (χ3v) is 2.95. The molecule has 1 heterocycles. The van der Waals surface area contributed by atoms with Gasteiger partial charge in [0.15, 0.2) is 0 Å². The summed E-state index contributed by atoms with van der Waals surface area (Å²) in [6, 6.07) is 8.27. The lowest BCUT2D eigenvalue weighted by molar-refractivity contribution is -0.137. The van der Waals surface area contributed by atoms with Crippen molar-refractivity contribution in [2.45, 2.75) is 25.7 Å². The lowest BCUT2D eigenvalue weighted by Gasteiger charge is -2.06. The molecule has 4 nitrogen and oxygen atoms in total.